The molecule has 0 unspecified atom stereocenters. The van der Waals surface area contributed by atoms with Crippen LogP contribution in [0.5, 0.6) is 0 Å². The topological polar surface area (TPSA) is 46.6 Å². The lowest BCUT2D eigenvalue weighted by molar-refractivity contribution is -0.161. The van der Waals surface area contributed by atoms with E-state index in [-0.39, 0.29) is 50.0 Å². The molecule has 6 heteroatoms. The van der Waals surface area contributed by atoms with E-state index in [1.165, 1.54) is 0 Å². The molecule has 1 saturated heterocycles. The van der Waals surface area contributed by atoms with Gasteiger partial charge in [-0.15, -0.1) is 0 Å². The molecule has 1 atom stereocenters. The van der Waals surface area contributed by atoms with Crippen molar-refractivity contribution in [3.8, 4) is 0 Å². The molecular formula is C16H21F2NO3. The molecule has 122 valence electrons. The number of carbonyl (C=O) groups is 2. The molecule has 0 N–H and O–H groups in total. The zero-order chi connectivity index (χ0) is 16.3. The summed E-state index contributed by atoms with van der Waals surface area (Å²) in [4.78, 5) is 24.8. The summed E-state index contributed by atoms with van der Waals surface area (Å²) in [5, 5.41) is 0. The fourth-order valence-corrected chi connectivity index (χ4v) is 2.71. The summed E-state index contributed by atoms with van der Waals surface area (Å²) in [7, 11) is 0. The van der Waals surface area contributed by atoms with Gasteiger partial charge in [0.25, 0.3) is 5.91 Å². The van der Waals surface area contributed by atoms with Crippen molar-refractivity contribution >= 4 is 11.7 Å². The first-order valence-corrected chi connectivity index (χ1v) is 7.44. The molecule has 1 fully saturated rings. The maximum absolute atomic E-state index is 14.2. The summed E-state index contributed by atoms with van der Waals surface area (Å²) in [5.41, 5.74) is 0.934. The van der Waals surface area contributed by atoms with Gasteiger partial charge in [0.15, 0.2) is 5.78 Å². The van der Waals surface area contributed by atoms with E-state index in [0.29, 0.717) is 12.0 Å². The molecule has 0 bridgehead atoms. The van der Waals surface area contributed by atoms with Crippen LogP contribution in [0.2, 0.25) is 0 Å². The third-order valence-electron chi connectivity index (χ3n) is 4.22. The second kappa shape index (κ2) is 6.69. The number of carbonyl (C=O) groups excluding carboxylic acids is 2. The molecule has 0 aromatic heterocycles. The first-order valence-electron chi connectivity index (χ1n) is 7.44. The molecule has 4 nitrogen and oxygen atoms in total. The lowest BCUT2D eigenvalue weighted by Gasteiger charge is -2.31. The molecule has 0 radical (unpaired) electrons. The Balaban J connectivity index is 1.97. The zero-order valence-corrected chi connectivity index (χ0v) is 12.7. The Bertz CT molecular complexity index is 508. The number of hydrogen-bond donors (Lipinski definition) is 0. The number of halogens is 2. The lowest BCUT2D eigenvalue weighted by atomic mass is 9.82. The zero-order valence-electron chi connectivity index (χ0n) is 12.7. The number of ether oxygens (including phenoxy) is 1. The molecule has 1 aliphatic heterocycles. The Labute approximate surface area is 128 Å². The molecule has 0 spiro atoms. The van der Waals surface area contributed by atoms with Gasteiger partial charge in [-0.05, 0) is 24.8 Å². The van der Waals surface area contributed by atoms with Crippen LogP contribution in [-0.2, 0) is 14.3 Å². The van der Waals surface area contributed by atoms with Gasteiger partial charge in [0.1, 0.15) is 0 Å². The minimum atomic E-state index is -3.48. The van der Waals surface area contributed by atoms with Crippen molar-refractivity contribution in [3.05, 3.63) is 23.8 Å². The molecular weight excluding hydrogens is 292 g/mol. The normalized spacial score (nSPS) is 23.2. The average Bonchev–Trinajstić information content (AvgIpc) is 2.49. The molecule has 0 saturated carbocycles. The Morgan fingerprint density at radius 1 is 1.45 bits per heavy atom. The molecule has 0 aromatic carbocycles. The van der Waals surface area contributed by atoms with Crippen LogP contribution in [0.15, 0.2) is 23.8 Å². The van der Waals surface area contributed by atoms with Gasteiger partial charge in [-0.1, -0.05) is 18.2 Å². The molecule has 2 rings (SSSR count). The van der Waals surface area contributed by atoms with Gasteiger partial charge in [-0.25, -0.2) is 0 Å². The van der Waals surface area contributed by atoms with Gasteiger partial charge in [0.05, 0.1) is 13.2 Å². The fourth-order valence-electron chi connectivity index (χ4n) is 2.71. The molecule has 1 amide bonds. The van der Waals surface area contributed by atoms with Crippen molar-refractivity contribution in [2.24, 2.45) is 5.92 Å². The second-order valence-corrected chi connectivity index (χ2v) is 5.89. The highest BCUT2D eigenvalue weighted by molar-refractivity contribution is 5.95. The number of Topliss-reactive ketones (excluding diaryl/α,β-unsaturated/α-hetero) is 1. The van der Waals surface area contributed by atoms with Gasteiger partial charge in [0, 0.05) is 25.9 Å². The van der Waals surface area contributed by atoms with E-state index in [1.54, 1.807) is 13.0 Å². The summed E-state index contributed by atoms with van der Waals surface area (Å²) < 4.78 is 33.4. The quantitative estimate of drug-likeness (QED) is 0.749. The van der Waals surface area contributed by atoms with Gasteiger partial charge >= 0.3 is 5.92 Å². The maximum atomic E-state index is 14.2. The number of allylic oxidation sites excluding steroid dienone is 3. The summed E-state index contributed by atoms with van der Waals surface area (Å²) >= 11 is 0. The Kier molecular flexibility index (Phi) is 5.11. The first-order chi connectivity index (χ1) is 10.3. The Hall–Kier alpha value is -1.56. The predicted octanol–water partition coefficient (Wildman–Crippen LogP) is 2.35. The first kappa shape index (κ1) is 16.8. The van der Waals surface area contributed by atoms with Crippen LogP contribution in [0, 0.1) is 5.92 Å². The number of morpholine rings is 1. The summed E-state index contributed by atoms with van der Waals surface area (Å²) in [6, 6.07) is 0. The van der Waals surface area contributed by atoms with Gasteiger partial charge in [-0.3, -0.25) is 9.59 Å². The fraction of sp³-hybridized carbons (Fsp3) is 0.625. The minimum Gasteiger partial charge on any atom is -0.378 e. The monoisotopic (exact) mass is 313 g/mol. The molecule has 1 aliphatic carbocycles. The highest BCUT2D eigenvalue weighted by atomic mass is 19.3. The highest BCUT2D eigenvalue weighted by Crippen LogP contribution is 2.34. The van der Waals surface area contributed by atoms with Crippen molar-refractivity contribution in [1.29, 1.82) is 0 Å². The number of ketones is 1. The number of hydrogen-bond acceptors (Lipinski definition) is 3. The molecule has 0 aromatic rings. The number of alkyl halides is 2. The van der Waals surface area contributed by atoms with Crippen LogP contribution >= 0.6 is 0 Å². The van der Waals surface area contributed by atoms with Crippen molar-refractivity contribution in [3.63, 3.8) is 0 Å². The average molecular weight is 313 g/mol. The van der Waals surface area contributed by atoms with Crippen molar-refractivity contribution in [2.75, 3.05) is 26.3 Å². The third-order valence-corrected chi connectivity index (χ3v) is 4.22. The van der Waals surface area contributed by atoms with Crippen molar-refractivity contribution in [1.82, 2.24) is 4.90 Å². The second-order valence-electron chi connectivity index (χ2n) is 5.89. The van der Waals surface area contributed by atoms with Gasteiger partial charge in [0.2, 0.25) is 0 Å². The highest BCUT2D eigenvalue weighted by Gasteiger charge is 2.43. The maximum Gasteiger partial charge on any atom is 0.328 e. The Morgan fingerprint density at radius 3 is 2.68 bits per heavy atom. The van der Waals surface area contributed by atoms with Crippen LogP contribution in [0.25, 0.3) is 0 Å². The third kappa shape index (κ3) is 3.80. The SMILES string of the molecule is C=C(CC(F)(F)C(=O)N1CCOCC1)[C@H]1CC=C(C)C(=O)C1. The van der Waals surface area contributed by atoms with E-state index in [9.17, 15) is 18.4 Å². The largest absolute Gasteiger partial charge is 0.378 e. The number of amides is 1. The number of nitrogens with zero attached hydrogens (tertiary/aromatic N) is 1. The predicted molar refractivity (Wildman–Crippen MR) is 77.6 cm³/mol. The van der Waals surface area contributed by atoms with E-state index in [2.05, 4.69) is 6.58 Å². The van der Waals surface area contributed by atoms with E-state index in [0.717, 1.165) is 4.90 Å². The van der Waals surface area contributed by atoms with Crippen LogP contribution in [0.3, 0.4) is 0 Å². The smallest absolute Gasteiger partial charge is 0.328 e. The van der Waals surface area contributed by atoms with E-state index >= 15 is 0 Å². The Morgan fingerprint density at radius 2 is 2.09 bits per heavy atom. The van der Waals surface area contributed by atoms with E-state index < -0.39 is 18.3 Å². The number of rotatable bonds is 4. The minimum absolute atomic E-state index is 0.0415. The van der Waals surface area contributed by atoms with Gasteiger partial charge < -0.3 is 9.64 Å². The van der Waals surface area contributed by atoms with Crippen LogP contribution in [-0.4, -0.2) is 48.8 Å². The van der Waals surface area contributed by atoms with Crippen LogP contribution in [0.1, 0.15) is 26.2 Å². The van der Waals surface area contributed by atoms with Crippen molar-refractivity contribution in [2.45, 2.75) is 32.1 Å². The van der Waals surface area contributed by atoms with Gasteiger partial charge in [-0.2, -0.15) is 8.78 Å². The molecule has 2 aliphatic rings. The van der Waals surface area contributed by atoms with Crippen LogP contribution < -0.4 is 0 Å². The standard InChI is InChI=1S/C16H21F2NO3/c1-11-3-4-13(9-14(11)20)12(2)10-16(17,18)15(21)19-5-7-22-8-6-19/h3,13H,2,4-10H2,1H3/t13-/m0/s1. The van der Waals surface area contributed by atoms with Crippen LogP contribution in [0.4, 0.5) is 8.78 Å². The molecule has 1 heterocycles. The van der Waals surface area contributed by atoms with Crippen molar-refractivity contribution < 1.29 is 23.1 Å². The van der Waals surface area contributed by atoms with E-state index in [1.807, 2.05) is 0 Å². The summed E-state index contributed by atoms with van der Waals surface area (Å²) in [6.07, 6.45) is 1.78. The molecule has 22 heavy (non-hydrogen) atoms. The summed E-state index contributed by atoms with van der Waals surface area (Å²) in [5.74, 6) is -5.00. The lowest BCUT2D eigenvalue weighted by Crippen LogP contribution is -2.49. The summed E-state index contributed by atoms with van der Waals surface area (Å²) in [6.45, 7) is 6.35. The van der Waals surface area contributed by atoms with E-state index in [4.69, 9.17) is 4.74 Å².